The molecular weight excluding hydrogens is 192 g/mol. The third-order valence-corrected chi connectivity index (χ3v) is 3.00. The van der Waals surface area contributed by atoms with Gasteiger partial charge in [0.25, 0.3) is 0 Å². The maximum atomic E-state index is 11.0. The van der Waals surface area contributed by atoms with Crippen molar-refractivity contribution >= 4 is 5.91 Å². The molecule has 0 radical (unpaired) electrons. The molecule has 2 heterocycles. The Morgan fingerprint density at radius 2 is 2.40 bits per heavy atom. The Balaban J connectivity index is 1.63. The average Bonchev–Trinajstić information content (AvgIpc) is 2.84. The Kier molecular flexibility index (Phi) is 1.97. The van der Waals surface area contributed by atoms with Crippen LogP contribution in [0.4, 0.5) is 0 Å². The van der Waals surface area contributed by atoms with E-state index in [1.165, 1.54) is 12.8 Å². The van der Waals surface area contributed by atoms with Gasteiger partial charge in [-0.05, 0) is 12.8 Å². The van der Waals surface area contributed by atoms with E-state index in [0.717, 1.165) is 18.9 Å². The molecule has 1 aromatic heterocycles. The molecule has 2 fully saturated rings. The lowest BCUT2D eigenvalue weighted by molar-refractivity contribution is -0.119. The second-order valence-corrected chi connectivity index (χ2v) is 4.47. The maximum absolute atomic E-state index is 11.0. The fourth-order valence-corrected chi connectivity index (χ4v) is 1.98. The number of amides is 1. The van der Waals surface area contributed by atoms with Gasteiger partial charge in [-0.25, -0.2) is 4.98 Å². The SMILES string of the molecule is O=C1CC(Cn2cnc(C3CC3)n2)CN1. The van der Waals surface area contributed by atoms with Crippen LogP contribution in [0.15, 0.2) is 6.33 Å². The summed E-state index contributed by atoms with van der Waals surface area (Å²) in [5.74, 6) is 2.12. The zero-order chi connectivity index (χ0) is 10.3. The van der Waals surface area contributed by atoms with Crippen LogP contribution in [0.5, 0.6) is 0 Å². The largest absolute Gasteiger partial charge is 0.356 e. The average molecular weight is 206 g/mol. The molecule has 1 atom stereocenters. The summed E-state index contributed by atoms with van der Waals surface area (Å²) in [6.45, 7) is 1.58. The van der Waals surface area contributed by atoms with Crippen LogP contribution >= 0.6 is 0 Å². The van der Waals surface area contributed by atoms with Gasteiger partial charge >= 0.3 is 0 Å². The van der Waals surface area contributed by atoms with Crippen LogP contribution in [0.25, 0.3) is 0 Å². The van der Waals surface area contributed by atoms with Crippen LogP contribution in [-0.4, -0.2) is 27.2 Å². The topological polar surface area (TPSA) is 59.8 Å². The monoisotopic (exact) mass is 206 g/mol. The standard InChI is InChI=1S/C10H14N4O/c15-9-3-7(4-11-9)5-14-6-12-10(13-14)8-1-2-8/h6-8H,1-5H2,(H,11,15). The summed E-state index contributed by atoms with van der Waals surface area (Å²) in [7, 11) is 0. The van der Waals surface area contributed by atoms with Gasteiger partial charge in [0.15, 0.2) is 5.82 Å². The maximum Gasteiger partial charge on any atom is 0.220 e. The summed E-state index contributed by atoms with van der Waals surface area (Å²) >= 11 is 0. The number of carbonyl (C=O) groups is 1. The first kappa shape index (κ1) is 8.88. The molecule has 80 valence electrons. The predicted octanol–water partition coefficient (Wildman–Crippen LogP) is 0.292. The van der Waals surface area contributed by atoms with Crippen molar-refractivity contribution in [3.63, 3.8) is 0 Å². The van der Waals surface area contributed by atoms with Crippen LogP contribution < -0.4 is 5.32 Å². The first-order valence-corrected chi connectivity index (χ1v) is 5.47. The van der Waals surface area contributed by atoms with Crippen LogP contribution in [0.2, 0.25) is 0 Å². The lowest BCUT2D eigenvalue weighted by atomic mass is 10.1. The summed E-state index contributed by atoms with van der Waals surface area (Å²) in [5, 5.41) is 7.26. The van der Waals surface area contributed by atoms with Crippen molar-refractivity contribution in [2.45, 2.75) is 31.7 Å². The molecule has 1 aromatic rings. The second kappa shape index (κ2) is 3.32. The highest BCUT2D eigenvalue weighted by Gasteiger charge is 2.28. The Morgan fingerprint density at radius 1 is 1.53 bits per heavy atom. The Morgan fingerprint density at radius 3 is 3.07 bits per heavy atom. The van der Waals surface area contributed by atoms with Crippen molar-refractivity contribution in [2.24, 2.45) is 5.92 Å². The Hall–Kier alpha value is -1.39. The molecule has 1 saturated heterocycles. The number of hydrogen-bond donors (Lipinski definition) is 1. The first-order valence-electron chi connectivity index (χ1n) is 5.47. The number of rotatable bonds is 3. The number of hydrogen-bond acceptors (Lipinski definition) is 3. The van der Waals surface area contributed by atoms with Crippen molar-refractivity contribution < 1.29 is 4.79 Å². The van der Waals surface area contributed by atoms with Crippen molar-refractivity contribution in [1.82, 2.24) is 20.1 Å². The molecule has 1 saturated carbocycles. The summed E-state index contributed by atoms with van der Waals surface area (Å²) in [5.41, 5.74) is 0. The van der Waals surface area contributed by atoms with Gasteiger partial charge in [0.05, 0.1) is 0 Å². The molecule has 1 amide bonds. The molecular formula is C10H14N4O. The van der Waals surface area contributed by atoms with E-state index in [2.05, 4.69) is 15.4 Å². The second-order valence-electron chi connectivity index (χ2n) is 4.47. The van der Waals surface area contributed by atoms with E-state index in [9.17, 15) is 4.79 Å². The predicted molar refractivity (Wildman–Crippen MR) is 53.1 cm³/mol. The molecule has 1 aliphatic heterocycles. The summed E-state index contributed by atoms with van der Waals surface area (Å²) in [4.78, 5) is 15.3. The van der Waals surface area contributed by atoms with E-state index < -0.39 is 0 Å². The smallest absolute Gasteiger partial charge is 0.220 e. The van der Waals surface area contributed by atoms with E-state index in [4.69, 9.17) is 0 Å². The van der Waals surface area contributed by atoms with Gasteiger partial charge in [0.2, 0.25) is 5.91 Å². The third-order valence-electron chi connectivity index (χ3n) is 3.00. The lowest BCUT2D eigenvalue weighted by Crippen LogP contribution is -2.16. The van der Waals surface area contributed by atoms with Crippen LogP contribution in [0, 0.1) is 5.92 Å². The van der Waals surface area contributed by atoms with Crippen LogP contribution in [0.1, 0.15) is 31.0 Å². The van der Waals surface area contributed by atoms with Crippen molar-refractivity contribution in [3.05, 3.63) is 12.2 Å². The Bertz CT molecular complexity index is 383. The van der Waals surface area contributed by atoms with E-state index in [0.29, 0.717) is 18.3 Å². The number of nitrogens with one attached hydrogen (secondary N) is 1. The zero-order valence-corrected chi connectivity index (χ0v) is 8.52. The molecule has 15 heavy (non-hydrogen) atoms. The summed E-state index contributed by atoms with van der Waals surface area (Å²) < 4.78 is 1.87. The highest BCUT2D eigenvalue weighted by molar-refractivity contribution is 5.78. The van der Waals surface area contributed by atoms with Gasteiger partial charge in [-0.2, -0.15) is 5.10 Å². The molecule has 1 aliphatic carbocycles. The number of carbonyl (C=O) groups excluding carboxylic acids is 1. The minimum atomic E-state index is 0.155. The number of aromatic nitrogens is 3. The van der Waals surface area contributed by atoms with Crippen LogP contribution in [0.3, 0.4) is 0 Å². The molecule has 3 rings (SSSR count). The minimum absolute atomic E-state index is 0.155. The van der Waals surface area contributed by atoms with Crippen molar-refractivity contribution in [3.8, 4) is 0 Å². The molecule has 2 aliphatic rings. The van der Waals surface area contributed by atoms with Gasteiger partial charge in [0.1, 0.15) is 6.33 Å². The fraction of sp³-hybridized carbons (Fsp3) is 0.700. The fourth-order valence-electron chi connectivity index (χ4n) is 1.98. The molecule has 0 spiro atoms. The van der Waals surface area contributed by atoms with Crippen molar-refractivity contribution in [1.29, 1.82) is 0 Å². The minimum Gasteiger partial charge on any atom is -0.356 e. The van der Waals surface area contributed by atoms with Crippen LogP contribution in [-0.2, 0) is 11.3 Å². The van der Waals surface area contributed by atoms with Gasteiger partial charge in [-0.15, -0.1) is 0 Å². The highest BCUT2D eigenvalue weighted by atomic mass is 16.1. The molecule has 1 unspecified atom stereocenters. The van der Waals surface area contributed by atoms with E-state index in [1.807, 2.05) is 4.68 Å². The van der Waals surface area contributed by atoms with Gasteiger partial charge < -0.3 is 5.32 Å². The number of nitrogens with zero attached hydrogens (tertiary/aromatic N) is 3. The summed E-state index contributed by atoms with van der Waals surface area (Å²) in [6.07, 6.45) is 4.87. The Labute approximate surface area is 87.9 Å². The quantitative estimate of drug-likeness (QED) is 0.773. The van der Waals surface area contributed by atoms with Gasteiger partial charge in [0, 0.05) is 31.3 Å². The first-order chi connectivity index (χ1) is 7.31. The molecule has 0 bridgehead atoms. The van der Waals surface area contributed by atoms with Gasteiger partial charge in [-0.1, -0.05) is 0 Å². The lowest BCUT2D eigenvalue weighted by Gasteiger charge is -2.05. The third kappa shape index (κ3) is 1.86. The molecule has 5 heteroatoms. The zero-order valence-electron chi connectivity index (χ0n) is 8.52. The molecule has 1 N–H and O–H groups in total. The summed E-state index contributed by atoms with van der Waals surface area (Å²) in [6, 6.07) is 0. The van der Waals surface area contributed by atoms with Gasteiger partial charge in [-0.3, -0.25) is 9.48 Å². The normalized spacial score (nSPS) is 25.6. The van der Waals surface area contributed by atoms with E-state index in [1.54, 1.807) is 6.33 Å². The van der Waals surface area contributed by atoms with E-state index >= 15 is 0 Å². The molecule has 0 aromatic carbocycles. The molecule has 5 nitrogen and oxygen atoms in total. The highest BCUT2D eigenvalue weighted by Crippen LogP contribution is 2.37. The van der Waals surface area contributed by atoms with E-state index in [-0.39, 0.29) is 5.91 Å². The van der Waals surface area contributed by atoms with Crippen molar-refractivity contribution in [2.75, 3.05) is 6.54 Å².